The highest BCUT2D eigenvalue weighted by atomic mass is 16.5. The summed E-state index contributed by atoms with van der Waals surface area (Å²) in [5, 5.41) is 18.4. The Morgan fingerprint density at radius 2 is 1.74 bits per heavy atom. The monoisotopic (exact) mass is 515 g/mol. The molecule has 0 radical (unpaired) electrons. The number of ether oxygens (including phenoxy) is 1. The number of quaternary nitrogens is 1. The summed E-state index contributed by atoms with van der Waals surface area (Å²) in [6.45, 7) is 7.21. The third-order valence-corrected chi connectivity index (χ3v) is 9.70. The normalized spacial score (nSPS) is 25.2. The Bertz CT molecular complexity index is 1660. The van der Waals surface area contributed by atoms with Crippen molar-refractivity contribution in [1.82, 2.24) is 4.98 Å². The minimum Gasteiger partial charge on any atom is -0.497 e. The highest BCUT2D eigenvalue weighted by Crippen LogP contribution is 2.49. The van der Waals surface area contributed by atoms with Crippen molar-refractivity contribution in [3.63, 3.8) is 0 Å². The molecule has 5 aromatic rings. The molecule has 4 heteroatoms. The molecule has 4 nitrogen and oxygen atoms in total. The molecular formula is C35H35N2O2+. The number of methoxy groups -OCH3 is 1. The van der Waals surface area contributed by atoms with Crippen LogP contribution in [0.3, 0.4) is 0 Å². The largest absolute Gasteiger partial charge is 0.497 e. The highest BCUT2D eigenvalue weighted by molar-refractivity contribution is 6.02. The van der Waals surface area contributed by atoms with Crippen LogP contribution in [-0.4, -0.2) is 40.8 Å². The van der Waals surface area contributed by atoms with Gasteiger partial charge < -0.3 is 14.3 Å². The molecule has 0 spiro atoms. The van der Waals surface area contributed by atoms with Gasteiger partial charge in [-0.15, -0.1) is 6.58 Å². The molecule has 2 bridgehead atoms. The molecule has 3 aliphatic rings. The summed E-state index contributed by atoms with van der Waals surface area (Å²) in [4.78, 5) is 4.59. The van der Waals surface area contributed by atoms with Crippen LogP contribution in [0.1, 0.15) is 30.1 Å². The number of hydrogen-bond donors (Lipinski definition) is 1. The lowest BCUT2D eigenvalue weighted by atomic mass is 9.71. The minimum absolute atomic E-state index is 0.0921. The summed E-state index contributed by atoms with van der Waals surface area (Å²) in [5.74, 6) is 1.82. The van der Waals surface area contributed by atoms with Crippen LogP contribution in [0.25, 0.3) is 32.4 Å². The molecule has 3 fully saturated rings. The van der Waals surface area contributed by atoms with Crippen LogP contribution in [0.2, 0.25) is 0 Å². The van der Waals surface area contributed by atoms with E-state index in [2.05, 4.69) is 72.2 Å². The fourth-order valence-corrected chi connectivity index (χ4v) is 7.71. The second kappa shape index (κ2) is 9.48. The summed E-state index contributed by atoms with van der Waals surface area (Å²) in [7, 11) is 1.68. The Labute approximate surface area is 229 Å². The van der Waals surface area contributed by atoms with Crippen molar-refractivity contribution in [2.45, 2.75) is 31.5 Å². The first-order valence-electron chi connectivity index (χ1n) is 14.1. The van der Waals surface area contributed by atoms with E-state index in [4.69, 9.17) is 4.74 Å². The Hall–Kier alpha value is -3.73. The summed E-state index contributed by atoms with van der Waals surface area (Å²) in [5.41, 5.74) is 3.23. The number of hydrogen-bond acceptors (Lipinski definition) is 3. The first-order valence-corrected chi connectivity index (χ1v) is 14.1. The minimum atomic E-state index is -0.600. The Morgan fingerprint density at radius 3 is 2.46 bits per heavy atom. The lowest BCUT2D eigenvalue weighted by Crippen LogP contribution is -2.67. The summed E-state index contributed by atoms with van der Waals surface area (Å²) < 4.78 is 6.41. The van der Waals surface area contributed by atoms with Gasteiger partial charge in [0.05, 0.1) is 25.7 Å². The van der Waals surface area contributed by atoms with Gasteiger partial charge >= 0.3 is 0 Å². The summed E-state index contributed by atoms with van der Waals surface area (Å²) in [6, 6.07) is 27.9. The van der Waals surface area contributed by atoms with Gasteiger partial charge in [-0.2, -0.15) is 0 Å². The second-order valence-electron chi connectivity index (χ2n) is 11.6. The number of aliphatic hydroxyl groups is 1. The van der Waals surface area contributed by atoms with Gasteiger partial charge in [-0.3, -0.25) is 4.98 Å². The van der Waals surface area contributed by atoms with Crippen LogP contribution >= 0.6 is 0 Å². The molecule has 196 valence electrons. The molecule has 8 rings (SSSR count). The molecule has 0 aliphatic carbocycles. The molecule has 0 saturated carbocycles. The third kappa shape index (κ3) is 3.93. The molecule has 39 heavy (non-hydrogen) atoms. The SMILES string of the molecule is C=C[C@H]1C[N+]2(Cc3c4ccccc4cc4ccccc34)CC[C@H]1C[C@@H]2[C@@H](O)c1ccnc2ccc(OC)cc12. The summed E-state index contributed by atoms with van der Waals surface area (Å²) >= 11 is 0. The first-order chi connectivity index (χ1) is 19.1. The Balaban J connectivity index is 1.39. The number of nitrogens with zero attached hydrogens (tertiary/aromatic N) is 2. The molecular weight excluding hydrogens is 480 g/mol. The zero-order valence-electron chi connectivity index (χ0n) is 22.5. The van der Waals surface area contributed by atoms with E-state index in [9.17, 15) is 5.11 Å². The molecule has 1 N–H and O–H groups in total. The maximum Gasteiger partial charge on any atom is 0.131 e. The van der Waals surface area contributed by atoms with E-state index in [0.717, 1.165) is 52.8 Å². The third-order valence-electron chi connectivity index (χ3n) is 9.70. The van der Waals surface area contributed by atoms with E-state index in [0.29, 0.717) is 11.8 Å². The molecule has 0 amide bonds. The van der Waals surface area contributed by atoms with E-state index in [1.807, 2.05) is 30.5 Å². The van der Waals surface area contributed by atoms with Crippen LogP contribution in [0.4, 0.5) is 0 Å². The van der Waals surface area contributed by atoms with Gasteiger partial charge in [0, 0.05) is 35.9 Å². The van der Waals surface area contributed by atoms with Crippen LogP contribution < -0.4 is 4.74 Å². The number of benzene rings is 4. The number of pyridine rings is 1. The average Bonchev–Trinajstić information content (AvgIpc) is 3.00. The number of aliphatic hydroxyl groups excluding tert-OH is 1. The molecule has 4 aromatic carbocycles. The second-order valence-corrected chi connectivity index (χ2v) is 11.6. The van der Waals surface area contributed by atoms with E-state index in [1.54, 1.807) is 7.11 Å². The quantitative estimate of drug-likeness (QED) is 0.148. The number of aromatic nitrogens is 1. The van der Waals surface area contributed by atoms with Gasteiger partial charge in [-0.25, -0.2) is 0 Å². The maximum atomic E-state index is 12.2. The van der Waals surface area contributed by atoms with E-state index < -0.39 is 6.10 Å². The number of fused-ring (bicyclic) bond motifs is 6. The summed E-state index contributed by atoms with van der Waals surface area (Å²) in [6.07, 6.45) is 5.58. The van der Waals surface area contributed by atoms with Crippen LogP contribution in [0.15, 0.2) is 97.7 Å². The average molecular weight is 516 g/mol. The molecule has 5 atom stereocenters. The van der Waals surface area contributed by atoms with Gasteiger partial charge in [0.25, 0.3) is 0 Å². The van der Waals surface area contributed by atoms with Gasteiger partial charge in [0.2, 0.25) is 0 Å². The Morgan fingerprint density at radius 1 is 1.00 bits per heavy atom. The van der Waals surface area contributed by atoms with Crippen LogP contribution in [0.5, 0.6) is 5.75 Å². The molecule has 4 heterocycles. The van der Waals surface area contributed by atoms with Crippen molar-refractivity contribution < 1.29 is 14.3 Å². The van der Waals surface area contributed by atoms with Gasteiger partial charge in [0.15, 0.2) is 0 Å². The van der Waals surface area contributed by atoms with Crippen molar-refractivity contribution in [2.75, 3.05) is 20.2 Å². The van der Waals surface area contributed by atoms with Crippen molar-refractivity contribution in [1.29, 1.82) is 0 Å². The van der Waals surface area contributed by atoms with Crippen molar-refractivity contribution >= 4 is 32.4 Å². The molecule has 1 aromatic heterocycles. The van der Waals surface area contributed by atoms with Gasteiger partial charge in [0.1, 0.15) is 24.4 Å². The fraction of sp³-hybridized carbons (Fsp3) is 0.286. The van der Waals surface area contributed by atoms with Crippen LogP contribution in [-0.2, 0) is 6.54 Å². The van der Waals surface area contributed by atoms with E-state index >= 15 is 0 Å². The number of rotatable bonds is 6. The zero-order valence-corrected chi connectivity index (χ0v) is 22.5. The predicted octanol–water partition coefficient (Wildman–Crippen LogP) is 7.19. The highest BCUT2D eigenvalue weighted by Gasteiger charge is 2.54. The van der Waals surface area contributed by atoms with Gasteiger partial charge in [-0.05, 0) is 63.4 Å². The zero-order chi connectivity index (χ0) is 26.6. The lowest BCUT2D eigenvalue weighted by Gasteiger charge is -2.58. The molecule has 1 unspecified atom stereocenters. The topological polar surface area (TPSA) is 42.4 Å². The maximum absolute atomic E-state index is 12.2. The molecule has 3 saturated heterocycles. The van der Waals surface area contributed by atoms with E-state index in [1.165, 1.54) is 33.5 Å². The fourth-order valence-electron chi connectivity index (χ4n) is 7.71. The van der Waals surface area contributed by atoms with Crippen molar-refractivity contribution in [3.8, 4) is 5.75 Å². The standard InChI is InChI=1S/C35H35N2O2/c1-3-23-21-37(22-32-28-10-6-4-8-25(28)18-26-9-5-7-11-29(26)32)17-15-24(23)19-34(37)35(38)30-14-16-36-33-13-12-27(39-2)20-31(30)33/h3-14,16,18,20,23-24,34-35,38H,1,15,17,19,21-22H2,2H3/q+1/t23-,24-,34+,35-,37?/m0/s1. The Kier molecular flexibility index (Phi) is 5.91. The molecule has 3 aliphatic heterocycles. The predicted molar refractivity (Wildman–Crippen MR) is 159 cm³/mol. The lowest BCUT2D eigenvalue weighted by molar-refractivity contribution is -0.984. The van der Waals surface area contributed by atoms with Crippen molar-refractivity contribution in [3.05, 3.63) is 109 Å². The van der Waals surface area contributed by atoms with Crippen molar-refractivity contribution in [2.24, 2.45) is 11.8 Å². The van der Waals surface area contributed by atoms with Gasteiger partial charge in [-0.1, -0.05) is 54.6 Å². The van der Waals surface area contributed by atoms with E-state index in [-0.39, 0.29) is 6.04 Å². The smallest absolute Gasteiger partial charge is 0.131 e. The van der Waals surface area contributed by atoms with Crippen LogP contribution in [0, 0.1) is 11.8 Å². The number of piperidine rings is 3. The first kappa shape index (κ1) is 24.3.